The van der Waals surface area contributed by atoms with Gasteiger partial charge in [0.2, 0.25) is 5.91 Å². The van der Waals surface area contributed by atoms with Crippen LogP contribution in [0.1, 0.15) is 26.7 Å². The zero-order chi connectivity index (χ0) is 16.0. The largest absolute Gasteiger partial charge is 0.497 e. The third kappa shape index (κ3) is 4.29. The predicted octanol–water partition coefficient (Wildman–Crippen LogP) is 2.75. The second-order valence-corrected chi connectivity index (χ2v) is 4.56. The number of methoxy groups -OCH3 is 1. The molecule has 0 unspecified atom stereocenters. The first-order valence-electron chi connectivity index (χ1n) is 6.59. The van der Waals surface area contributed by atoms with Crippen LogP contribution in [0.25, 0.3) is 0 Å². The van der Waals surface area contributed by atoms with Crippen LogP contribution < -0.4 is 20.5 Å². The zero-order valence-electron chi connectivity index (χ0n) is 12.3. The molecule has 1 amide bonds. The van der Waals surface area contributed by atoms with Gasteiger partial charge in [-0.15, -0.1) is 0 Å². The van der Waals surface area contributed by atoms with Gasteiger partial charge in [0, 0.05) is 6.07 Å². The molecule has 1 aromatic carbocycles. The van der Waals surface area contributed by atoms with E-state index in [4.69, 9.17) is 10.5 Å². The Balaban J connectivity index is 3.06. The molecule has 0 aliphatic carbocycles. The number of amides is 1. The van der Waals surface area contributed by atoms with Gasteiger partial charge in [0.05, 0.1) is 18.3 Å². The van der Waals surface area contributed by atoms with Gasteiger partial charge in [-0.25, -0.2) is 0 Å². The Kier molecular flexibility index (Phi) is 5.90. The summed E-state index contributed by atoms with van der Waals surface area (Å²) in [7, 11) is 1.43. The second kappa shape index (κ2) is 7.21. The highest BCUT2D eigenvalue weighted by atomic mass is 19.3. The van der Waals surface area contributed by atoms with Crippen LogP contribution in [0.4, 0.5) is 14.5 Å². The van der Waals surface area contributed by atoms with Crippen molar-refractivity contribution < 1.29 is 23.0 Å². The predicted molar refractivity (Wildman–Crippen MR) is 75.8 cm³/mol. The SMILES string of the molecule is CCC(N)(CC)C(=O)Nc1cc(OC)ccc1OC(F)F. The smallest absolute Gasteiger partial charge is 0.387 e. The molecule has 118 valence electrons. The summed E-state index contributed by atoms with van der Waals surface area (Å²) in [6, 6.07) is 4.17. The molecule has 21 heavy (non-hydrogen) atoms. The summed E-state index contributed by atoms with van der Waals surface area (Å²) in [6.45, 7) is 0.574. The summed E-state index contributed by atoms with van der Waals surface area (Å²) in [6.07, 6.45) is 0.842. The molecule has 1 rings (SSSR count). The van der Waals surface area contributed by atoms with Crippen LogP contribution in [-0.2, 0) is 4.79 Å². The summed E-state index contributed by atoms with van der Waals surface area (Å²) >= 11 is 0. The van der Waals surface area contributed by atoms with E-state index in [0.717, 1.165) is 0 Å². The van der Waals surface area contributed by atoms with E-state index in [0.29, 0.717) is 18.6 Å². The number of carbonyl (C=O) groups is 1. The monoisotopic (exact) mass is 302 g/mol. The van der Waals surface area contributed by atoms with Crippen molar-refractivity contribution in [3.8, 4) is 11.5 Å². The lowest BCUT2D eigenvalue weighted by Crippen LogP contribution is -2.50. The maximum Gasteiger partial charge on any atom is 0.387 e. The van der Waals surface area contributed by atoms with Gasteiger partial charge in [-0.3, -0.25) is 4.79 Å². The Morgan fingerprint density at radius 2 is 2.00 bits per heavy atom. The van der Waals surface area contributed by atoms with Crippen molar-refractivity contribution in [3.05, 3.63) is 18.2 Å². The van der Waals surface area contributed by atoms with E-state index in [-0.39, 0.29) is 11.4 Å². The van der Waals surface area contributed by atoms with E-state index in [9.17, 15) is 13.6 Å². The first-order chi connectivity index (χ1) is 9.86. The molecule has 3 N–H and O–H groups in total. The van der Waals surface area contributed by atoms with Gasteiger partial charge >= 0.3 is 6.61 Å². The third-order valence-electron chi connectivity index (χ3n) is 3.36. The van der Waals surface area contributed by atoms with Crippen molar-refractivity contribution in [2.24, 2.45) is 5.73 Å². The van der Waals surface area contributed by atoms with E-state index in [1.54, 1.807) is 13.8 Å². The van der Waals surface area contributed by atoms with Crippen molar-refractivity contribution in [2.45, 2.75) is 38.8 Å². The molecule has 0 atom stereocenters. The maximum absolute atomic E-state index is 12.4. The second-order valence-electron chi connectivity index (χ2n) is 4.56. The number of nitrogens with two attached hydrogens (primary N) is 1. The van der Waals surface area contributed by atoms with Crippen LogP contribution in [0.2, 0.25) is 0 Å². The molecule has 5 nitrogen and oxygen atoms in total. The fourth-order valence-electron chi connectivity index (χ4n) is 1.75. The first kappa shape index (κ1) is 17.2. The van der Waals surface area contributed by atoms with Crippen molar-refractivity contribution in [2.75, 3.05) is 12.4 Å². The molecule has 0 bridgehead atoms. The minimum absolute atomic E-state index is 0.0939. The molecule has 0 fully saturated rings. The maximum atomic E-state index is 12.4. The number of alkyl halides is 2. The van der Waals surface area contributed by atoms with Gasteiger partial charge in [-0.1, -0.05) is 13.8 Å². The van der Waals surface area contributed by atoms with Crippen molar-refractivity contribution in [3.63, 3.8) is 0 Å². The molecular formula is C14H20F2N2O3. The number of anilines is 1. The fourth-order valence-corrected chi connectivity index (χ4v) is 1.75. The summed E-state index contributed by atoms with van der Waals surface area (Å²) in [5.74, 6) is -0.198. The van der Waals surface area contributed by atoms with Crippen LogP contribution in [0, 0.1) is 0 Å². The van der Waals surface area contributed by atoms with Crippen LogP contribution in [0.5, 0.6) is 11.5 Å². The van der Waals surface area contributed by atoms with Gasteiger partial charge in [-0.2, -0.15) is 8.78 Å². The molecule has 0 aliphatic heterocycles. The molecule has 0 heterocycles. The van der Waals surface area contributed by atoms with Gasteiger partial charge in [0.25, 0.3) is 0 Å². The average Bonchev–Trinajstić information content (AvgIpc) is 2.47. The molecule has 0 radical (unpaired) electrons. The highest BCUT2D eigenvalue weighted by molar-refractivity contribution is 5.99. The quantitative estimate of drug-likeness (QED) is 0.812. The fraction of sp³-hybridized carbons (Fsp3) is 0.500. The number of hydrogen-bond acceptors (Lipinski definition) is 4. The normalized spacial score (nSPS) is 11.4. The minimum Gasteiger partial charge on any atom is -0.497 e. The average molecular weight is 302 g/mol. The van der Waals surface area contributed by atoms with Crippen molar-refractivity contribution in [1.29, 1.82) is 0 Å². The van der Waals surface area contributed by atoms with Gasteiger partial charge in [0.1, 0.15) is 11.5 Å². The van der Waals surface area contributed by atoms with Crippen LogP contribution in [0.15, 0.2) is 18.2 Å². The third-order valence-corrected chi connectivity index (χ3v) is 3.36. The Bertz CT molecular complexity index is 491. The molecule has 0 aliphatic rings. The van der Waals surface area contributed by atoms with Crippen LogP contribution >= 0.6 is 0 Å². The van der Waals surface area contributed by atoms with Gasteiger partial charge < -0.3 is 20.5 Å². The summed E-state index contributed by atoms with van der Waals surface area (Å²) < 4.78 is 34.2. The van der Waals surface area contributed by atoms with Crippen LogP contribution in [0.3, 0.4) is 0 Å². The number of nitrogens with one attached hydrogen (secondary N) is 1. The summed E-state index contributed by atoms with van der Waals surface area (Å²) in [4.78, 5) is 12.2. The Morgan fingerprint density at radius 3 is 2.48 bits per heavy atom. The van der Waals surface area contributed by atoms with Crippen molar-refractivity contribution >= 4 is 11.6 Å². The highest BCUT2D eigenvalue weighted by Gasteiger charge is 2.30. The number of carbonyl (C=O) groups excluding carboxylic acids is 1. The first-order valence-corrected chi connectivity index (χ1v) is 6.59. The lowest BCUT2D eigenvalue weighted by atomic mass is 9.93. The van der Waals surface area contributed by atoms with E-state index in [1.165, 1.54) is 25.3 Å². The Morgan fingerprint density at radius 1 is 1.38 bits per heavy atom. The molecular weight excluding hydrogens is 282 g/mol. The molecule has 7 heteroatoms. The Labute approximate surface area is 122 Å². The lowest BCUT2D eigenvalue weighted by molar-refractivity contribution is -0.121. The number of rotatable bonds is 7. The van der Waals surface area contributed by atoms with Crippen LogP contribution in [-0.4, -0.2) is 25.2 Å². The molecule has 0 aromatic heterocycles. The van der Waals surface area contributed by atoms with E-state index < -0.39 is 18.1 Å². The number of halogens is 2. The number of benzene rings is 1. The standard InChI is InChI=1S/C14H20F2N2O3/c1-4-14(17,5-2)12(19)18-10-8-9(20-3)6-7-11(10)21-13(15)16/h6-8,13H,4-5,17H2,1-3H3,(H,18,19). The molecule has 0 spiro atoms. The topological polar surface area (TPSA) is 73.6 Å². The Hall–Kier alpha value is -1.89. The van der Waals surface area contributed by atoms with Gasteiger partial charge in [0.15, 0.2) is 0 Å². The zero-order valence-corrected chi connectivity index (χ0v) is 12.3. The van der Waals surface area contributed by atoms with Crippen molar-refractivity contribution in [1.82, 2.24) is 0 Å². The molecule has 0 saturated heterocycles. The lowest BCUT2D eigenvalue weighted by Gasteiger charge is -2.25. The van der Waals surface area contributed by atoms with E-state index in [1.807, 2.05) is 0 Å². The van der Waals surface area contributed by atoms with E-state index >= 15 is 0 Å². The molecule has 0 saturated carbocycles. The summed E-state index contributed by atoms with van der Waals surface area (Å²) in [5.41, 5.74) is 5.01. The van der Waals surface area contributed by atoms with Gasteiger partial charge in [-0.05, 0) is 25.0 Å². The highest BCUT2D eigenvalue weighted by Crippen LogP contribution is 2.31. The summed E-state index contributed by atoms with van der Waals surface area (Å²) in [5, 5.41) is 2.53. The number of hydrogen-bond donors (Lipinski definition) is 2. The number of ether oxygens (including phenoxy) is 2. The molecule has 1 aromatic rings. The van der Waals surface area contributed by atoms with E-state index in [2.05, 4.69) is 10.1 Å². The minimum atomic E-state index is -2.99.